The van der Waals surface area contributed by atoms with Gasteiger partial charge in [-0.15, -0.1) is 0 Å². The summed E-state index contributed by atoms with van der Waals surface area (Å²) in [7, 11) is 3.18. The van der Waals surface area contributed by atoms with Gasteiger partial charge in [0.1, 0.15) is 11.5 Å². The molecule has 1 saturated carbocycles. The smallest absolute Gasteiger partial charge is 0.363 e. The van der Waals surface area contributed by atoms with E-state index in [9.17, 15) is 4.79 Å². The molecular formula is C18H21NO4. The quantitative estimate of drug-likeness (QED) is 0.629. The van der Waals surface area contributed by atoms with Gasteiger partial charge in [-0.05, 0) is 36.6 Å². The van der Waals surface area contributed by atoms with Crippen molar-refractivity contribution in [3.05, 3.63) is 29.5 Å². The number of hydrogen-bond acceptors (Lipinski definition) is 5. The summed E-state index contributed by atoms with van der Waals surface area (Å²) in [5, 5.41) is 0. The molecule has 0 amide bonds. The van der Waals surface area contributed by atoms with Gasteiger partial charge in [0.2, 0.25) is 5.90 Å². The predicted octanol–water partition coefficient (Wildman–Crippen LogP) is 3.58. The van der Waals surface area contributed by atoms with Crippen LogP contribution >= 0.6 is 0 Å². The zero-order chi connectivity index (χ0) is 16.2. The van der Waals surface area contributed by atoms with Crippen LogP contribution in [0.15, 0.2) is 28.9 Å². The molecule has 5 heteroatoms. The molecule has 1 heterocycles. The van der Waals surface area contributed by atoms with Crippen LogP contribution in [0.25, 0.3) is 6.08 Å². The Morgan fingerprint density at radius 2 is 1.74 bits per heavy atom. The number of cyclic esters (lactones) is 1. The zero-order valence-corrected chi connectivity index (χ0v) is 13.5. The molecule has 122 valence electrons. The van der Waals surface area contributed by atoms with Crippen LogP contribution in [0.4, 0.5) is 0 Å². The zero-order valence-electron chi connectivity index (χ0n) is 13.5. The number of carbonyl (C=O) groups excluding carboxylic acids is 1. The molecule has 1 fully saturated rings. The third-order valence-corrected chi connectivity index (χ3v) is 4.27. The van der Waals surface area contributed by atoms with E-state index in [-0.39, 0.29) is 11.9 Å². The minimum absolute atomic E-state index is 0.276. The maximum Gasteiger partial charge on any atom is 0.363 e. The highest BCUT2D eigenvalue weighted by molar-refractivity contribution is 6.07. The molecule has 1 aromatic carbocycles. The van der Waals surface area contributed by atoms with Crippen molar-refractivity contribution >= 4 is 17.9 Å². The van der Waals surface area contributed by atoms with Crippen LogP contribution in [0.1, 0.15) is 37.7 Å². The van der Waals surface area contributed by atoms with Crippen LogP contribution in [-0.4, -0.2) is 26.1 Å². The van der Waals surface area contributed by atoms with E-state index >= 15 is 0 Å². The highest BCUT2D eigenvalue weighted by Crippen LogP contribution is 2.30. The summed E-state index contributed by atoms with van der Waals surface area (Å²) in [5.74, 6) is 1.81. The topological polar surface area (TPSA) is 57.1 Å². The lowest BCUT2D eigenvalue weighted by molar-refractivity contribution is -0.130. The molecule has 23 heavy (non-hydrogen) atoms. The molecule has 0 aromatic heterocycles. The van der Waals surface area contributed by atoms with Gasteiger partial charge in [0.05, 0.1) is 14.2 Å². The molecular weight excluding hydrogens is 294 g/mol. The van der Waals surface area contributed by atoms with Crippen molar-refractivity contribution in [2.24, 2.45) is 10.9 Å². The van der Waals surface area contributed by atoms with Crippen molar-refractivity contribution in [3.63, 3.8) is 0 Å². The van der Waals surface area contributed by atoms with E-state index < -0.39 is 0 Å². The Hall–Kier alpha value is -2.30. The third kappa shape index (κ3) is 3.55. The molecule has 0 atom stereocenters. The lowest BCUT2D eigenvalue weighted by Gasteiger charge is -2.19. The van der Waals surface area contributed by atoms with E-state index in [1.807, 2.05) is 12.1 Å². The molecule has 3 rings (SSSR count). The van der Waals surface area contributed by atoms with Crippen LogP contribution in [0.5, 0.6) is 11.5 Å². The Labute approximate surface area is 136 Å². The average molecular weight is 315 g/mol. The second-order valence-electron chi connectivity index (χ2n) is 5.85. The van der Waals surface area contributed by atoms with Gasteiger partial charge in [-0.25, -0.2) is 9.79 Å². The molecule has 2 aliphatic rings. The summed E-state index contributed by atoms with van der Waals surface area (Å²) in [5.41, 5.74) is 1.13. The Morgan fingerprint density at radius 3 is 2.35 bits per heavy atom. The molecule has 1 aromatic rings. The van der Waals surface area contributed by atoms with Crippen LogP contribution in [0, 0.1) is 5.92 Å². The molecule has 1 aliphatic heterocycles. The maximum absolute atomic E-state index is 12.1. The molecule has 0 spiro atoms. The Morgan fingerprint density at radius 1 is 1.09 bits per heavy atom. The van der Waals surface area contributed by atoms with E-state index in [1.165, 1.54) is 19.3 Å². The van der Waals surface area contributed by atoms with Gasteiger partial charge in [-0.2, -0.15) is 0 Å². The molecule has 5 nitrogen and oxygen atoms in total. The summed E-state index contributed by atoms with van der Waals surface area (Å²) >= 11 is 0. The number of esters is 1. The first-order chi connectivity index (χ1) is 11.2. The van der Waals surface area contributed by atoms with E-state index in [0.717, 1.165) is 18.4 Å². The van der Waals surface area contributed by atoms with Crippen molar-refractivity contribution in [2.45, 2.75) is 32.1 Å². The number of ether oxygens (including phenoxy) is 3. The molecule has 0 bridgehead atoms. The van der Waals surface area contributed by atoms with Crippen molar-refractivity contribution in [3.8, 4) is 11.5 Å². The molecule has 0 unspecified atom stereocenters. The van der Waals surface area contributed by atoms with E-state index in [1.54, 1.807) is 26.4 Å². The Bertz CT molecular complexity index is 635. The van der Waals surface area contributed by atoms with Gasteiger partial charge in [-0.3, -0.25) is 0 Å². The van der Waals surface area contributed by atoms with Gasteiger partial charge >= 0.3 is 5.97 Å². The van der Waals surface area contributed by atoms with Crippen LogP contribution in [-0.2, 0) is 9.53 Å². The second-order valence-corrected chi connectivity index (χ2v) is 5.85. The van der Waals surface area contributed by atoms with E-state index in [2.05, 4.69) is 4.99 Å². The van der Waals surface area contributed by atoms with E-state index in [4.69, 9.17) is 14.2 Å². The average Bonchev–Trinajstić information content (AvgIpc) is 2.96. The van der Waals surface area contributed by atoms with Crippen LogP contribution in [0.2, 0.25) is 0 Å². The van der Waals surface area contributed by atoms with Gasteiger partial charge < -0.3 is 14.2 Å². The number of hydrogen-bond donors (Lipinski definition) is 0. The minimum atomic E-state index is -0.382. The molecule has 0 radical (unpaired) electrons. The van der Waals surface area contributed by atoms with Crippen LogP contribution in [0.3, 0.4) is 0 Å². The van der Waals surface area contributed by atoms with Crippen molar-refractivity contribution in [1.82, 2.24) is 0 Å². The normalized spacial score (nSPS) is 20.3. The highest BCUT2D eigenvalue weighted by Gasteiger charge is 2.30. The third-order valence-electron chi connectivity index (χ3n) is 4.27. The number of benzene rings is 1. The second kappa shape index (κ2) is 6.86. The fourth-order valence-electron chi connectivity index (χ4n) is 3.02. The predicted molar refractivity (Wildman–Crippen MR) is 87.6 cm³/mol. The van der Waals surface area contributed by atoms with Gasteiger partial charge in [0.15, 0.2) is 5.70 Å². The SMILES string of the molecule is COc1cc(/C=C2/N=C(C3CCCCC3)OC2=O)cc(OC)c1. The van der Waals surface area contributed by atoms with Gasteiger partial charge in [-0.1, -0.05) is 19.3 Å². The van der Waals surface area contributed by atoms with E-state index in [0.29, 0.717) is 23.1 Å². The number of methoxy groups -OCH3 is 2. The van der Waals surface area contributed by atoms with Gasteiger partial charge in [0, 0.05) is 12.0 Å². The lowest BCUT2D eigenvalue weighted by Crippen LogP contribution is -2.19. The molecule has 1 aliphatic carbocycles. The standard InChI is InChI=1S/C18H21NO4/c1-21-14-8-12(9-15(11-14)22-2)10-16-18(20)23-17(19-16)13-6-4-3-5-7-13/h8-11,13H,3-7H2,1-2H3/b16-10+. The van der Waals surface area contributed by atoms with Crippen molar-refractivity contribution in [1.29, 1.82) is 0 Å². The first kappa shape index (κ1) is 15.6. The summed E-state index contributed by atoms with van der Waals surface area (Å²) in [6, 6.07) is 5.44. The minimum Gasteiger partial charge on any atom is -0.497 e. The fraction of sp³-hybridized carbons (Fsp3) is 0.444. The van der Waals surface area contributed by atoms with Crippen molar-refractivity contribution in [2.75, 3.05) is 14.2 Å². The first-order valence-corrected chi connectivity index (χ1v) is 7.95. The Balaban J connectivity index is 1.86. The Kier molecular flexibility index (Phi) is 4.65. The number of nitrogens with zero attached hydrogens (tertiary/aromatic N) is 1. The number of rotatable bonds is 4. The lowest BCUT2D eigenvalue weighted by atomic mass is 9.89. The van der Waals surface area contributed by atoms with Crippen LogP contribution < -0.4 is 9.47 Å². The number of carbonyl (C=O) groups is 1. The summed E-state index contributed by atoms with van der Waals surface area (Å²) in [4.78, 5) is 16.5. The largest absolute Gasteiger partial charge is 0.497 e. The van der Waals surface area contributed by atoms with Crippen molar-refractivity contribution < 1.29 is 19.0 Å². The summed E-state index contributed by atoms with van der Waals surface area (Å²) < 4.78 is 15.9. The highest BCUT2D eigenvalue weighted by atomic mass is 16.6. The monoisotopic (exact) mass is 315 g/mol. The molecule has 0 saturated heterocycles. The summed E-state index contributed by atoms with van der Waals surface area (Å²) in [6.07, 6.45) is 7.41. The maximum atomic E-state index is 12.1. The fourth-order valence-corrected chi connectivity index (χ4v) is 3.02. The summed E-state index contributed by atoms with van der Waals surface area (Å²) in [6.45, 7) is 0. The molecule has 0 N–H and O–H groups in total. The number of aliphatic imine (C=N–C) groups is 1. The van der Waals surface area contributed by atoms with Gasteiger partial charge in [0.25, 0.3) is 0 Å². The first-order valence-electron chi connectivity index (χ1n) is 7.95.